The number of fused-ring (bicyclic) bond motifs is 3. The Hall–Kier alpha value is -5.31. The van der Waals surface area contributed by atoms with Gasteiger partial charge in [0.2, 0.25) is 0 Å². The lowest BCUT2D eigenvalue weighted by Gasteiger charge is -2.53. The molecule has 2 fully saturated rings. The van der Waals surface area contributed by atoms with E-state index in [1.54, 1.807) is 47.6 Å². The van der Waals surface area contributed by atoms with E-state index in [9.17, 15) is 23.5 Å². The zero-order valence-corrected chi connectivity index (χ0v) is 29.5. The maximum atomic E-state index is 15.7. The van der Waals surface area contributed by atoms with Crippen molar-refractivity contribution in [1.82, 2.24) is 9.97 Å². The molecular formula is C39H35F3N6O4S. The number of aliphatic hydroxyl groups excluding tert-OH is 1. The maximum absolute atomic E-state index is 15.7. The molecule has 0 aliphatic carbocycles. The van der Waals surface area contributed by atoms with Crippen LogP contribution in [0.5, 0.6) is 0 Å². The molecule has 0 bridgehead atoms. The number of anilines is 4. The average Bonchev–Trinajstić information content (AvgIpc) is 3.51. The number of ether oxygens (including phenoxy) is 1. The van der Waals surface area contributed by atoms with Crippen LogP contribution in [-0.2, 0) is 11.2 Å². The molecule has 3 aliphatic rings. The number of pyridine rings is 2. The number of aliphatic hydroxyl groups is 1. The zero-order valence-electron chi connectivity index (χ0n) is 28.7. The van der Waals surface area contributed by atoms with Crippen molar-refractivity contribution in [2.24, 2.45) is 5.41 Å². The zero-order chi connectivity index (χ0) is 36.9. The van der Waals surface area contributed by atoms with E-state index in [1.807, 2.05) is 6.92 Å². The van der Waals surface area contributed by atoms with Gasteiger partial charge in [-0.2, -0.15) is 0 Å². The predicted molar refractivity (Wildman–Crippen MR) is 196 cm³/mol. The molecule has 1 atom stereocenters. The van der Waals surface area contributed by atoms with Crippen molar-refractivity contribution in [3.8, 4) is 10.6 Å². The predicted octanol–water partition coefficient (Wildman–Crippen LogP) is 7.11. The number of halogens is 3. The standard InChI is InChI=1S/C39H35F3N6O4S/c1-22-16-25(35(44-19-22)47-20-39(21-47)10-14-52-15-11-39)36(49)45-29-8-7-24(17-28(29)42)38(51)48-13-9-23-18-31(53-34(23)33-30(48)6-3-12-43-33)37(50)46-32-26(40)4-2-5-27(32)41/h2-8,12,16-19,38,51H,9-11,13-15,20-21H2,1H3,(H,45,49)(H,46,50). The van der Waals surface area contributed by atoms with Crippen LogP contribution in [0.25, 0.3) is 10.6 Å². The molecular weight excluding hydrogens is 706 g/mol. The molecule has 5 aromatic rings. The molecule has 14 heteroatoms. The Bertz CT molecular complexity index is 2210. The molecule has 1 unspecified atom stereocenters. The number of carbonyl (C=O) groups is 2. The Morgan fingerprint density at radius 2 is 1.72 bits per heavy atom. The number of amides is 2. The minimum Gasteiger partial charge on any atom is -0.381 e. The van der Waals surface area contributed by atoms with Gasteiger partial charge in [0.25, 0.3) is 11.8 Å². The van der Waals surface area contributed by atoms with E-state index in [0.717, 1.165) is 73.7 Å². The highest BCUT2D eigenvalue weighted by Gasteiger charge is 2.45. The highest BCUT2D eigenvalue weighted by molar-refractivity contribution is 7.17. The number of nitrogens with one attached hydrogen (secondary N) is 2. The van der Waals surface area contributed by atoms with Crippen LogP contribution >= 0.6 is 11.3 Å². The Balaban J connectivity index is 0.994. The van der Waals surface area contributed by atoms with Gasteiger partial charge in [0.05, 0.1) is 26.7 Å². The van der Waals surface area contributed by atoms with Crippen molar-refractivity contribution in [3.63, 3.8) is 0 Å². The van der Waals surface area contributed by atoms with Crippen molar-refractivity contribution in [2.45, 2.75) is 32.4 Å². The van der Waals surface area contributed by atoms with Gasteiger partial charge in [0.15, 0.2) is 6.23 Å². The van der Waals surface area contributed by atoms with Crippen molar-refractivity contribution in [3.05, 3.63) is 118 Å². The molecule has 272 valence electrons. The number of hydrogen-bond acceptors (Lipinski definition) is 9. The lowest BCUT2D eigenvalue weighted by atomic mass is 9.73. The van der Waals surface area contributed by atoms with Gasteiger partial charge >= 0.3 is 0 Å². The summed E-state index contributed by atoms with van der Waals surface area (Å²) in [6, 6.07) is 14.4. The Kier molecular flexibility index (Phi) is 9.13. The molecule has 3 aromatic heterocycles. The molecule has 10 nitrogen and oxygen atoms in total. The molecule has 8 rings (SSSR count). The van der Waals surface area contributed by atoms with Crippen molar-refractivity contribution in [1.29, 1.82) is 0 Å². The molecule has 6 heterocycles. The molecule has 2 amide bonds. The first-order valence-corrected chi connectivity index (χ1v) is 18.1. The summed E-state index contributed by atoms with van der Waals surface area (Å²) in [5.41, 5.74) is 2.84. The monoisotopic (exact) mass is 740 g/mol. The number of aryl methyl sites for hydroxylation is 1. The number of rotatable bonds is 7. The Labute approximate surface area is 307 Å². The van der Waals surface area contributed by atoms with Gasteiger partial charge in [0.1, 0.15) is 34.7 Å². The number of thiophene rings is 1. The van der Waals surface area contributed by atoms with E-state index < -0.39 is 41.2 Å². The molecule has 3 N–H and O–H groups in total. The van der Waals surface area contributed by atoms with Crippen LogP contribution in [0.4, 0.5) is 36.1 Å². The van der Waals surface area contributed by atoms with E-state index in [1.165, 1.54) is 18.2 Å². The van der Waals surface area contributed by atoms with Gasteiger partial charge in [-0.05, 0) is 85.8 Å². The summed E-state index contributed by atoms with van der Waals surface area (Å²) in [6.45, 7) is 5.15. The van der Waals surface area contributed by atoms with Crippen LogP contribution in [-0.4, -0.2) is 59.7 Å². The van der Waals surface area contributed by atoms with Gasteiger partial charge in [-0.3, -0.25) is 14.6 Å². The fourth-order valence-electron chi connectivity index (χ4n) is 7.32. The third-order valence-corrected chi connectivity index (χ3v) is 11.3. The largest absolute Gasteiger partial charge is 0.381 e. The van der Waals surface area contributed by atoms with Crippen molar-refractivity contribution in [2.75, 3.05) is 53.3 Å². The van der Waals surface area contributed by atoms with Gasteiger partial charge in [-0.1, -0.05) is 12.1 Å². The lowest BCUT2D eigenvalue weighted by Crippen LogP contribution is -2.59. The normalized spacial score (nSPS) is 16.6. The van der Waals surface area contributed by atoms with Gasteiger partial charge in [0, 0.05) is 56.2 Å². The SMILES string of the molecule is Cc1cnc(N2CC3(CCOCC3)C2)c(C(=O)Nc2ccc(C(O)N3CCc4cc(C(=O)Nc5c(F)cccc5F)sc4-c4ncccc43)cc2F)c1. The first kappa shape index (κ1) is 34.8. The quantitative estimate of drug-likeness (QED) is 0.162. The summed E-state index contributed by atoms with van der Waals surface area (Å²) in [5.74, 6) is -3.08. The highest BCUT2D eigenvalue weighted by atomic mass is 32.1. The highest BCUT2D eigenvalue weighted by Crippen LogP contribution is 2.44. The smallest absolute Gasteiger partial charge is 0.265 e. The van der Waals surface area contributed by atoms with Crippen LogP contribution in [0.1, 0.15) is 55.8 Å². The second-order valence-electron chi connectivity index (χ2n) is 13.7. The number of nitrogens with zero attached hydrogens (tertiary/aromatic N) is 4. The second-order valence-corrected chi connectivity index (χ2v) is 14.8. The summed E-state index contributed by atoms with van der Waals surface area (Å²) in [6.07, 6.45) is 4.35. The van der Waals surface area contributed by atoms with Gasteiger partial charge in [-0.25, -0.2) is 18.2 Å². The minimum absolute atomic E-state index is 0.0379. The fourth-order valence-corrected chi connectivity index (χ4v) is 8.43. The van der Waals surface area contributed by atoms with E-state index in [4.69, 9.17) is 4.74 Å². The lowest BCUT2D eigenvalue weighted by molar-refractivity contribution is -0.000510. The maximum Gasteiger partial charge on any atom is 0.265 e. The number of carbonyl (C=O) groups excluding carboxylic acids is 2. The molecule has 3 aliphatic heterocycles. The van der Waals surface area contributed by atoms with E-state index in [0.29, 0.717) is 34.1 Å². The van der Waals surface area contributed by atoms with Crippen LogP contribution in [0.2, 0.25) is 0 Å². The third-order valence-electron chi connectivity index (χ3n) is 10.2. The first-order valence-electron chi connectivity index (χ1n) is 17.3. The third kappa shape index (κ3) is 6.62. The molecule has 0 radical (unpaired) electrons. The fraction of sp³-hybridized carbons (Fsp3) is 0.282. The van der Waals surface area contributed by atoms with E-state index in [2.05, 4.69) is 25.5 Å². The molecule has 1 spiro atoms. The number of aromatic nitrogens is 2. The summed E-state index contributed by atoms with van der Waals surface area (Å²) in [7, 11) is 0. The van der Waals surface area contributed by atoms with E-state index >= 15 is 4.39 Å². The van der Waals surface area contributed by atoms with Gasteiger partial charge in [-0.15, -0.1) is 11.3 Å². The Morgan fingerprint density at radius 3 is 2.47 bits per heavy atom. The van der Waals surface area contributed by atoms with Crippen molar-refractivity contribution >= 4 is 46.0 Å². The number of hydrogen-bond donors (Lipinski definition) is 3. The first-order chi connectivity index (χ1) is 25.6. The molecule has 0 saturated carbocycles. The molecule has 53 heavy (non-hydrogen) atoms. The number of para-hydroxylation sites is 1. The summed E-state index contributed by atoms with van der Waals surface area (Å²) < 4.78 is 49.7. The van der Waals surface area contributed by atoms with Crippen molar-refractivity contribution < 1.29 is 32.6 Å². The minimum atomic E-state index is -1.28. The average molecular weight is 741 g/mol. The van der Waals surface area contributed by atoms with Crippen LogP contribution in [0, 0.1) is 29.8 Å². The molecule has 2 saturated heterocycles. The topological polar surface area (TPSA) is 120 Å². The van der Waals surface area contributed by atoms with E-state index in [-0.39, 0.29) is 28.1 Å². The number of benzene rings is 2. The van der Waals surface area contributed by atoms with Crippen LogP contribution in [0.3, 0.4) is 0 Å². The van der Waals surface area contributed by atoms with Gasteiger partial charge < -0.3 is 30.3 Å². The summed E-state index contributed by atoms with van der Waals surface area (Å²) in [5, 5.41) is 16.7. The van der Waals surface area contributed by atoms with Crippen LogP contribution in [0.15, 0.2) is 73.1 Å². The Morgan fingerprint density at radius 1 is 0.943 bits per heavy atom. The summed E-state index contributed by atoms with van der Waals surface area (Å²) >= 11 is 1.12. The molecule has 2 aromatic carbocycles. The second kappa shape index (κ2) is 13.9. The summed E-state index contributed by atoms with van der Waals surface area (Å²) in [4.78, 5) is 40.5. The van der Waals surface area contributed by atoms with Crippen LogP contribution < -0.4 is 20.4 Å².